The van der Waals surface area contributed by atoms with Gasteiger partial charge in [-0.2, -0.15) is 0 Å². The molecule has 26 heavy (non-hydrogen) atoms. The Morgan fingerprint density at radius 3 is 2.50 bits per heavy atom. The standard InChI is InChI=1S/C20H32N4O.HI/c1-3-23-12-9-17(16-23)15-22-20(21-2)24-13-10-19(11-14-24)25-18-7-5-4-6-8-18;/h4-8,17,19H,3,9-16H2,1-2H3,(H,21,22);1H. The normalized spacial score (nSPS) is 22.2. The lowest BCUT2D eigenvalue weighted by Crippen LogP contribution is -2.48. The Kier molecular flexibility index (Phi) is 8.98. The summed E-state index contributed by atoms with van der Waals surface area (Å²) in [7, 11) is 1.89. The van der Waals surface area contributed by atoms with Crippen molar-refractivity contribution in [1.29, 1.82) is 0 Å². The molecule has 5 nitrogen and oxygen atoms in total. The van der Waals surface area contributed by atoms with Gasteiger partial charge in [0.2, 0.25) is 0 Å². The number of piperidine rings is 1. The molecule has 0 spiro atoms. The average molecular weight is 472 g/mol. The molecule has 0 aromatic heterocycles. The van der Waals surface area contributed by atoms with Crippen LogP contribution in [0, 0.1) is 5.92 Å². The molecule has 1 unspecified atom stereocenters. The van der Waals surface area contributed by atoms with Crippen LogP contribution in [0.5, 0.6) is 5.75 Å². The number of likely N-dealkylation sites (tertiary alicyclic amines) is 2. The largest absolute Gasteiger partial charge is 0.490 e. The Morgan fingerprint density at radius 1 is 1.15 bits per heavy atom. The molecule has 146 valence electrons. The monoisotopic (exact) mass is 472 g/mol. The quantitative estimate of drug-likeness (QED) is 0.407. The summed E-state index contributed by atoms with van der Waals surface area (Å²) < 4.78 is 6.09. The van der Waals surface area contributed by atoms with E-state index >= 15 is 0 Å². The zero-order valence-corrected chi connectivity index (χ0v) is 18.4. The van der Waals surface area contributed by atoms with Crippen LogP contribution in [0.1, 0.15) is 26.2 Å². The molecule has 0 amide bonds. The Bertz CT molecular complexity index is 546. The van der Waals surface area contributed by atoms with Crippen LogP contribution in [0.2, 0.25) is 0 Å². The molecular weight excluding hydrogens is 439 g/mol. The predicted octanol–water partition coefficient (Wildman–Crippen LogP) is 3.07. The second-order valence-corrected chi connectivity index (χ2v) is 7.09. The molecule has 0 radical (unpaired) electrons. The van der Waals surface area contributed by atoms with Gasteiger partial charge in [0.15, 0.2) is 5.96 Å². The van der Waals surface area contributed by atoms with Gasteiger partial charge in [0.05, 0.1) is 0 Å². The number of halogens is 1. The molecule has 2 saturated heterocycles. The summed E-state index contributed by atoms with van der Waals surface area (Å²) in [5.74, 6) is 2.77. The Morgan fingerprint density at radius 2 is 1.88 bits per heavy atom. The molecular formula is C20H33IN4O. The van der Waals surface area contributed by atoms with E-state index in [-0.39, 0.29) is 24.0 Å². The maximum Gasteiger partial charge on any atom is 0.193 e. The number of benzene rings is 1. The SMILES string of the molecule is CCN1CCC(CNC(=NC)N2CCC(Oc3ccccc3)CC2)C1.I. The van der Waals surface area contributed by atoms with Gasteiger partial charge in [-0.1, -0.05) is 25.1 Å². The van der Waals surface area contributed by atoms with Crippen molar-refractivity contribution in [2.75, 3.05) is 46.3 Å². The maximum atomic E-state index is 6.09. The highest BCUT2D eigenvalue weighted by Crippen LogP contribution is 2.19. The van der Waals surface area contributed by atoms with Gasteiger partial charge < -0.3 is 19.9 Å². The molecule has 2 heterocycles. The molecule has 3 rings (SSSR count). The topological polar surface area (TPSA) is 40.1 Å². The molecule has 1 N–H and O–H groups in total. The van der Waals surface area contributed by atoms with Crippen molar-refractivity contribution in [3.8, 4) is 5.75 Å². The smallest absolute Gasteiger partial charge is 0.193 e. The van der Waals surface area contributed by atoms with Crippen LogP contribution in [0.25, 0.3) is 0 Å². The van der Waals surface area contributed by atoms with Crippen molar-refractivity contribution in [2.45, 2.75) is 32.3 Å². The molecule has 6 heteroatoms. The fraction of sp³-hybridized carbons (Fsp3) is 0.650. The summed E-state index contributed by atoms with van der Waals surface area (Å²) in [6.45, 7) is 8.91. The van der Waals surface area contributed by atoms with Crippen molar-refractivity contribution in [3.05, 3.63) is 30.3 Å². The molecule has 1 aromatic carbocycles. The van der Waals surface area contributed by atoms with E-state index in [1.165, 1.54) is 26.1 Å². The van der Waals surface area contributed by atoms with Gasteiger partial charge in [-0.05, 0) is 37.6 Å². The number of nitrogens with one attached hydrogen (secondary N) is 1. The zero-order chi connectivity index (χ0) is 17.5. The minimum Gasteiger partial charge on any atom is -0.490 e. The highest BCUT2D eigenvalue weighted by Gasteiger charge is 2.25. The fourth-order valence-electron chi connectivity index (χ4n) is 3.81. The molecule has 1 atom stereocenters. The number of nitrogens with zero attached hydrogens (tertiary/aromatic N) is 3. The van der Waals surface area contributed by atoms with Crippen LogP contribution >= 0.6 is 24.0 Å². The first-order chi connectivity index (χ1) is 12.3. The molecule has 2 aliphatic rings. The van der Waals surface area contributed by atoms with E-state index in [9.17, 15) is 0 Å². The summed E-state index contributed by atoms with van der Waals surface area (Å²) in [4.78, 5) is 9.40. The maximum absolute atomic E-state index is 6.09. The number of hydrogen-bond acceptors (Lipinski definition) is 3. The molecule has 0 saturated carbocycles. The lowest BCUT2D eigenvalue weighted by atomic mass is 10.1. The Labute approximate surface area is 175 Å². The van der Waals surface area contributed by atoms with Crippen LogP contribution in [0.15, 0.2) is 35.3 Å². The van der Waals surface area contributed by atoms with Crippen LogP contribution < -0.4 is 10.1 Å². The van der Waals surface area contributed by atoms with E-state index in [0.717, 1.165) is 50.1 Å². The van der Waals surface area contributed by atoms with Crippen LogP contribution in [-0.2, 0) is 0 Å². The number of para-hydroxylation sites is 1. The van der Waals surface area contributed by atoms with Gasteiger partial charge in [-0.25, -0.2) is 0 Å². The van der Waals surface area contributed by atoms with Crippen molar-refractivity contribution in [3.63, 3.8) is 0 Å². The highest BCUT2D eigenvalue weighted by atomic mass is 127. The van der Waals surface area contributed by atoms with Crippen molar-refractivity contribution in [2.24, 2.45) is 10.9 Å². The van der Waals surface area contributed by atoms with Gasteiger partial charge in [0.25, 0.3) is 0 Å². The van der Waals surface area contributed by atoms with E-state index < -0.39 is 0 Å². The molecule has 1 aromatic rings. The van der Waals surface area contributed by atoms with E-state index in [2.05, 4.69) is 27.0 Å². The summed E-state index contributed by atoms with van der Waals surface area (Å²) in [5, 5.41) is 3.60. The van der Waals surface area contributed by atoms with Gasteiger partial charge >= 0.3 is 0 Å². The second-order valence-electron chi connectivity index (χ2n) is 7.09. The van der Waals surface area contributed by atoms with Gasteiger partial charge in [0.1, 0.15) is 11.9 Å². The third-order valence-electron chi connectivity index (χ3n) is 5.37. The minimum atomic E-state index is 0. The van der Waals surface area contributed by atoms with E-state index in [4.69, 9.17) is 4.74 Å². The third-order valence-corrected chi connectivity index (χ3v) is 5.37. The first-order valence-corrected chi connectivity index (χ1v) is 9.68. The summed E-state index contributed by atoms with van der Waals surface area (Å²) in [5.41, 5.74) is 0. The van der Waals surface area contributed by atoms with Gasteiger partial charge in [-0.15, -0.1) is 24.0 Å². The van der Waals surface area contributed by atoms with Gasteiger partial charge in [-0.3, -0.25) is 4.99 Å². The summed E-state index contributed by atoms with van der Waals surface area (Å²) in [6, 6.07) is 10.1. The van der Waals surface area contributed by atoms with Crippen LogP contribution in [0.3, 0.4) is 0 Å². The molecule has 2 aliphatic heterocycles. The van der Waals surface area contributed by atoms with Crippen LogP contribution in [-0.4, -0.2) is 68.2 Å². The predicted molar refractivity (Wildman–Crippen MR) is 119 cm³/mol. The summed E-state index contributed by atoms with van der Waals surface area (Å²) >= 11 is 0. The minimum absolute atomic E-state index is 0. The highest BCUT2D eigenvalue weighted by molar-refractivity contribution is 14.0. The first-order valence-electron chi connectivity index (χ1n) is 9.68. The van der Waals surface area contributed by atoms with E-state index in [1.807, 2.05) is 37.4 Å². The Hall–Kier alpha value is -1.02. The number of rotatable bonds is 5. The summed E-state index contributed by atoms with van der Waals surface area (Å²) in [6.07, 6.45) is 3.69. The van der Waals surface area contributed by atoms with Gasteiger partial charge in [0, 0.05) is 46.1 Å². The lowest BCUT2D eigenvalue weighted by molar-refractivity contribution is 0.129. The van der Waals surface area contributed by atoms with Crippen molar-refractivity contribution >= 4 is 29.9 Å². The number of guanidine groups is 1. The molecule has 0 bridgehead atoms. The zero-order valence-electron chi connectivity index (χ0n) is 16.1. The number of ether oxygens (including phenoxy) is 1. The van der Waals surface area contributed by atoms with Crippen molar-refractivity contribution in [1.82, 2.24) is 15.1 Å². The molecule has 0 aliphatic carbocycles. The number of hydrogen-bond donors (Lipinski definition) is 1. The van der Waals surface area contributed by atoms with Crippen molar-refractivity contribution < 1.29 is 4.74 Å². The van der Waals surface area contributed by atoms with Crippen LogP contribution in [0.4, 0.5) is 0 Å². The Balaban J connectivity index is 0.00000243. The molecule has 2 fully saturated rings. The first kappa shape index (κ1) is 21.3. The fourth-order valence-corrected chi connectivity index (χ4v) is 3.81. The number of aliphatic imine (C=N–C) groups is 1. The lowest BCUT2D eigenvalue weighted by Gasteiger charge is -2.34. The van der Waals surface area contributed by atoms with E-state index in [0.29, 0.717) is 6.10 Å². The second kappa shape index (κ2) is 11.0. The third kappa shape index (κ3) is 6.01. The average Bonchev–Trinajstić information content (AvgIpc) is 3.12. The van der Waals surface area contributed by atoms with E-state index in [1.54, 1.807) is 0 Å².